The van der Waals surface area contributed by atoms with E-state index in [0.29, 0.717) is 25.1 Å². The van der Waals surface area contributed by atoms with Crippen molar-refractivity contribution >= 4 is 5.91 Å². The van der Waals surface area contributed by atoms with Crippen LogP contribution in [-0.2, 0) is 28.8 Å². The zero-order valence-electron chi connectivity index (χ0n) is 21.6. The van der Waals surface area contributed by atoms with Crippen LogP contribution in [0.1, 0.15) is 61.8 Å². The lowest BCUT2D eigenvalue weighted by molar-refractivity contribution is -0.205. The topological polar surface area (TPSA) is 91.7 Å². The van der Waals surface area contributed by atoms with Crippen LogP contribution in [0.15, 0.2) is 73.1 Å². The summed E-state index contributed by atoms with van der Waals surface area (Å²) < 4.78 is 5.84. The van der Waals surface area contributed by atoms with Gasteiger partial charge in [0, 0.05) is 24.4 Å². The van der Waals surface area contributed by atoms with E-state index in [1.807, 2.05) is 54.6 Å². The number of carbonyl (C=O) groups is 1. The van der Waals surface area contributed by atoms with Crippen molar-refractivity contribution < 1.29 is 19.7 Å². The van der Waals surface area contributed by atoms with E-state index in [-0.39, 0.29) is 23.8 Å². The molecule has 3 aromatic rings. The third-order valence-corrected chi connectivity index (χ3v) is 8.74. The Hall–Kier alpha value is -3.22. The van der Waals surface area contributed by atoms with Crippen molar-refractivity contribution in [1.82, 2.24) is 10.3 Å². The van der Waals surface area contributed by atoms with Crippen LogP contribution < -0.4 is 10.1 Å². The van der Waals surface area contributed by atoms with Crippen molar-refractivity contribution in [3.63, 3.8) is 0 Å². The van der Waals surface area contributed by atoms with Gasteiger partial charge in [-0.1, -0.05) is 43.3 Å². The van der Waals surface area contributed by atoms with Crippen LogP contribution in [-0.4, -0.2) is 33.3 Å². The molecule has 2 aliphatic rings. The van der Waals surface area contributed by atoms with Gasteiger partial charge < -0.3 is 20.3 Å². The van der Waals surface area contributed by atoms with E-state index in [4.69, 9.17) is 4.74 Å². The maximum absolute atomic E-state index is 12.3. The number of fused-ring (bicyclic) bond motifs is 3. The Morgan fingerprint density at radius 3 is 2.59 bits per heavy atom. The van der Waals surface area contributed by atoms with E-state index in [9.17, 15) is 15.0 Å². The molecule has 0 bridgehead atoms. The summed E-state index contributed by atoms with van der Waals surface area (Å²) in [5, 5.41) is 26.4. The first kappa shape index (κ1) is 25.4. The maximum atomic E-state index is 12.3. The highest BCUT2D eigenvalue weighted by molar-refractivity contribution is 5.77. The summed E-state index contributed by atoms with van der Waals surface area (Å²) in [4.78, 5) is 16.3. The van der Waals surface area contributed by atoms with Gasteiger partial charge in [0.2, 0.25) is 0 Å². The van der Waals surface area contributed by atoms with Crippen LogP contribution >= 0.6 is 0 Å². The van der Waals surface area contributed by atoms with Crippen LogP contribution in [0.25, 0.3) is 0 Å². The van der Waals surface area contributed by atoms with Gasteiger partial charge in [-0.25, -0.2) is 0 Å². The molecule has 4 atom stereocenters. The van der Waals surface area contributed by atoms with Crippen LogP contribution in [0.5, 0.6) is 5.75 Å². The van der Waals surface area contributed by atoms with Crippen LogP contribution in [0, 0.1) is 5.92 Å². The van der Waals surface area contributed by atoms with Gasteiger partial charge in [-0.15, -0.1) is 0 Å². The molecule has 1 amide bonds. The minimum absolute atomic E-state index is 0.0514. The number of hydrogen-bond donors (Lipinski definition) is 3. The number of aryl methyl sites for hydroxylation is 1. The number of ether oxygens (including phenoxy) is 1. The monoisotopic (exact) mass is 500 g/mol. The van der Waals surface area contributed by atoms with Crippen LogP contribution in [0.3, 0.4) is 0 Å². The van der Waals surface area contributed by atoms with Crippen LogP contribution in [0.2, 0.25) is 0 Å². The first-order valence-corrected chi connectivity index (χ1v) is 13.2. The van der Waals surface area contributed by atoms with E-state index >= 15 is 0 Å². The zero-order chi connectivity index (χ0) is 26.1. The summed E-state index contributed by atoms with van der Waals surface area (Å²) in [6.45, 7) is 4.35. The van der Waals surface area contributed by atoms with Gasteiger partial charge in [0.15, 0.2) is 6.61 Å². The number of benzene rings is 2. The standard InChI is InChI=1S/C31H36N2O4/c1-3-30-21-29(2,35)31(36,24-7-5-4-6-8-24)18-25(30)10-9-23-17-26(11-12-27(23)30)37-20-28(34)33-19-22-13-15-32-16-14-22/h4-8,11-17,25,35-36H,3,9-10,18-21H2,1-2H3,(H,33,34). The Morgan fingerprint density at radius 1 is 1.11 bits per heavy atom. The Bertz CT molecular complexity index is 1250. The van der Waals surface area contributed by atoms with E-state index in [2.05, 4.69) is 23.3 Å². The molecule has 1 aromatic heterocycles. The predicted molar refractivity (Wildman–Crippen MR) is 142 cm³/mol. The number of nitrogens with one attached hydrogen (secondary N) is 1. The van der Waals surface area contributed by atoms with Gasteiger partial charge in [-0.05, 0) is 91.5 Å². The zero-order valence-corrected chi connectivity index (χ0v) is 21.6. The summed E-state index contributed by atoms with van der Waals surface area (Å²) in [5.41, 5.74) is 1.41. The number of rotatable bonds is 7. The molecule has 0 saturated heterocycles. The lowest BCUT2D eigenvalue weighted by Gasteiger charge is -2.59. The summed E-state index contributed by atoms with van der Waals surface area (Å²) in [6, 6.07) is 19.4. The number of hydrogen-bond acceptors (Lipinski definition) is 5. The summed E-state index contributed by atoms with van der Waals surface area (Å²) >= 11 is 0. The molecule has 0 radical (unpaired) electrons. The lowest BCUT2D eigenvalue weighted by atomic mass is 9.49. The number of amides is 1. The number of aromatic nitrogens is 1. The Labute approximate surface area is 218 Å². The molecular formula is C31H36N2O4. The highest BCUT2D eigenvalue weighted by atomic mass is 16.5. The molecule has 1 saturated carbocycles. The van der Waals surface area contributed by atoms with E-state index < -0.39 is 11.2 Å². The van der Waals surface area contributed by atoms with Gasteiger partial charge >= 0.3 is 0 Å². The maximum Gasteiger partial charge on any atom is 0.258 e. The Balaban J connectivity index is 1.32. The molecule has 6 heteroatoms. The van der Waals surface area contributed by atoms with Crippen molar-refractivity contribution in [2.75, 3.05) is 6.61 Å². The number of nitrogens with zero attached hydrogens (tertiary/aromatic N) is 1. The molecule has 1 heterocycles. The quantitative estimate of drug-likeness (QED) is 0.447. The fraction of sp³-hybridized carbons (Fsp3) is 0.419. The van der Waals surface area contributed by atoms with Crippen molar-refractivity contribution in [3.05, 3.63) is 95.3 Å². The molecular weight excluding hydrogens is 464 g/mol. The molecule has 1 fully saturated rings. The van der Waals surface area contributed by atoms with Gasteiger partial charge in [0.25, 0.3) is 5.91 Å². The summed E-state index contributed by atoms with van der Waals surface area (Å²) in [6.07, 6.45) is 7.09. The fourth-order valence-corrected chi connectivity index (χ4v) is 6.70. The average molecular weight is 501 g/mol. The first-order valence-electron chi connectivity index (χ1n) is 13.2. The first-order chi connectivity index (χ1) is 17.8. The molecule has 0 spiro atoms. The minimum Gasteiger partial charge on any atom is -0.484 e. The van der Waals surface area contributed by atoms with Gasteiger partial charge in [0.1, 0.15) is 11.4 Å². The number of aliphatic hydroxyl groups is 2. The van der Waals surface area contributed by atoms with E-state index in [1.165, 1.54) is 11.1 Å². The van der Waals surface area contributed by atoms with E-state index in [0.717, 1.165) is 30.4 Å². The molecule has 3 N–H and O–H groups in total. The molecule has 37 heavy (non-hydrogen) atoms. The van der Waals surface area contributed by atoms with Crippen LogP contribution in [0.4, 0.5) is 0 Å². The van der Waals surface area contributed by atoms with Gasteiger partial charge in [-0.3, -0.25) is 9.78 Å². The average Bonchev–Trinajstić information content (AvgIpc) is 2.92. The van der Waals surface area contributed by atoms with Crippen molar-refractivity contribution in [2.24, 2.45) is 5.92 Å². The molecule has 0 aliphatic heterocycles. The molecule has 6 nitrogen and oxygen atoms in total. The summed E-state index contributed by atoms with van der Waals surface area (Å²) in [5.74, 6) is 0.746. The minimum atomic E-state index is -1.29. The Kier molecular flexibility index (Phi) is 6.82. The van der Waals surface area contributed by atoms with Crippen molar-refractivity contribution in [1.29, 1.82) is 0 Å². The molecule has 5 rings (SSSR count). The number of pyridine rings is 1. The third kappa shape index (κ3) is 4.64. The Morgan fingerprint density at radius 2 is 1.86 bits per heavy atom. The number of carbonyl (C=O) groups excluding carboxylic acids is 1. The van der Waals surface area contributed by atoms with E-state index in [1.54, 1.807) is 19.3 Å². The summed E-state index contributed by atoms with van der Waals surface area (Å²) in [7, 11) is 0. The second-order valence-corrected chi connectivity index (χ2v) is 10.9. The van der Waals surface area contributed by atoms with Gasteiger partial charge in [-0.2, -0.15) is 0 Å². The normalized spacial score (nSPS) is 28.6. The molecule has 2 aliphatic carbocycles. The van der Waals surface area contributed by atoms with Gasteiger partial charge in [0.05, 0.1) is 5.60 Å². The predicted octanol–water partition coefficient (Wildman–Crippen LogP) is 4.42. The molecule has 2 aromatic carbocycles. The fourth-order valence-electron chi connectivity index (χ4n) is 6.70. The molecule has 194 valence electrons. The highest BCUT2D eigenvalue weighted by Gasteiger charge is 2.60. The second-order valence-electron chi connectivity index (χ2n) is 10.9. The smallest absolute Gasteiger partial charge is 0.258 e. The van der Waals surface area contributed by atoms with Crippen molar-refractivity contribution in [3.8, 4) is 5.75 Å². The SMILES string of the molecule is CCC12CC(C)(O)C(O)(c3ccccc3)CC1CCc1cc(OCC(=O)NCc3ccncc3)ccc12. The van der Waals surface area contributed by atoms with Crippen molar-refractivity contribution in [2.45, 2.75) is 69.1 Å². The molecule has 4 unspecified atom stereocenters. The second kappa shape index (κ2) is 9.92. The third-order valence-electron chi connectivity index (χ3n) is 8.74. The highest BCUT2D eigenvalue weighted by Crippen LogP contribution is 2.60. The largest absolute Gasteiger partial charge is 0.484 e. The lowest BCUT2D eigenvalue weighted by Crippen LogP contribution is -2.62.